The first-order valence-electron chi connectivity index (χ1n) is 11.9. The molecule has 20 N–H and O–H groups in total. The van der Waals surface area contributed by atoms with Gasteiger partial charge in [-0.15, -0.1) is 0 Å². The second-order valence-corrected chi connectivity index (χ2v) is 10.9. The molecule has 0 spiro atoms. The zero-order chi connectivity index (χ0) is 33.8. The number of nitrogens with one attached hydrogen (secondary N) is 2. The van der Waals surface area contributed by atoms with Gasteiger partial charge in [-0.1, -0.05) is 0 Å². The number of carbonyl (C=O) groups excluding carboxylic acids is 4. The summed E-state index contributed by atoms with van der Waals surface area (Å²) in [6.07, 6.45) is -2.15. The van der Waals surface area contributed by atoms with Crippen LogP contribution in [0, 0.1) is 0 Å². The minimum atomic E-state index is -4.74. The van der Waals surface area contributed by atoms with Crippen LogP contribution < -0.4 is 63.8 Å². The van der Waals surface area contributed by atoms with Crippen LogP contribution in [0.25, 0.3) is 0 Å². The monoisotopic (exact) mass is 836 g/mol. The van der Waals surface area contributed by atoms with E-state index in [2.05, 4.69) is 22.1 Å². The SMILES string of the molecule is NCCNCC[NH3+].NCCNCC[NH3+].O.O.O.O=C([O-])CN(CC(=O)[O-])CP(=O)([O-])O.O=C([O-])CN(CC(=O)[O-])CP(=O)([O-])O.[Cu+2].[Cu+2]. The van der Waals surface area contributed by atoms with Crippen molar-refractivity contribution >= 4 is 39.1 Å². The molecular formula is C18H48Cu2N8O17P2. The Morgan fingerprint density at radius 3 is 0.936 bits per heavy atom. The van der Waals surface area contributed by atoms with E-state index in [9.17, 15) is 58.5 Å². The van der Waals surface area contributed by atoms with Crippen LogP contribution in [0.15, 0.2) is 0 Å². The molecule has 0 rings (SSSR count). The number of rotatable bonds is 20. The maximum Gasteiger partial charge on any atom is 2.00 e. The molecule has 294 valence electrons. The van der Waals surface area contributed by atoms with Crippen LogP contribution in [0.3, 0.4) is 0 Å². The van der Waals surface area contributed by atoms with Crippen LogP contribution in [-0.2, 0) is 62.4 Å². The van der Waals surface area contributed by atoms with Gasteiger partial charge in [0.25, 0.3) is 0 Å². The quantitative estimate of drug-likeness (QED) is 0.0320. The first-order valence-corrected chi connectivity index (χ1v) is 15.5. The van der Waals surface area contributed by atoms with Crippen molar-refractivity contribution in [1.29, 1.82) is 0 Å². The Bertz CT molecular complexity index is 740. The van der Waals surface area contributed by atoms with Crippen LogP contribution in [-0.4, -0.2) is 151 Å². The van der Waals surface area contributed by atoms with Gasteiger partial charge in [-0.25, -0.2) is 0 Å². The van der Waals surface area contributed by atoms with Gasteiger partial charge in [0, 0.05) is 65.4 Å². The second kappa shape index (κ2) is 42.8. The maximum atomic E-state index is 10.3. The Balaban J connectivity index is -0.0000000591. The molecule has 2 radical (unpaired) electrons. The largest absolute Gasteiger partial charge is 2.00 e. The fourth-order valence-corrected chi connectivity index (χ4v) is 3.66. The third-order valence-electron chi connectivity index (χ3n) is 3.52. The summed E-state index contributed by atoms with van der Waals surface area (Å²) in [5.41, 5.74) is 17.7. The zero-order valence-electron chi connectivity index (χ0n) is 25.2. The van der Waals surface area contributed by atoms with Gasteiger partial charge in [0.15, 0.2) is 0 Å². The Hall–Kier alpha value is -1.22. The smallest absolute Gasteiger partial charge is 0.778 e. The molecule has 0 saturated heterocycles. The average molecular weight is 838 g/mol. The summed E-state index contributed by atoms with van der Waals surface area (Å²) in [7, 11) is -9.48. The topological polar surface area (TPSA) is 514 Å². The molecule has 0 aliphatic rings. The van der Waals surface area contributed by atoms with Crippen molar-refractivity contribution in [1.82, 2.24) is 20.4 Å². The predicted octanol–water partition coefficient (Wildman–Crippen LogP) is -16.3. The fourth-order valence-electron chi connectivity index (χ4n) is 2.25. The summed E-state index contributed by atoms with van der Waals surface area (Å²) >= 11 is 0. The summed E-state index contributed by atoms with van der Waals surface area (Å²) in [6.45, 7) is 3.46. The molecular weight excluding hydrogens is 789 g/mol. The van der Waals surface area contributed by atoms with Gasteiger partial charge in [-0.2, -0.15) is 0 Å². The minimum absolute atomic E-state index is 0. The van der Waals surface area contributed by atoms with Crippen LogP contribution in [0.5, 0.6) is 0 Å². The van der Waals surface area contributed by atoms with Crippen LogP contribution in [0.1, 0.15) is 0 Å². The van der Waals surface area contributed by atoms with Crippen molar-refractivity contribution in [2.75, 3.05) is 91.1 Å². The molecule has 2 unspecified atom stereocenters. The van der Waals surface area contributed by atoms with E-state index in [-0.39, 0.29) is 50.6 Å². The Kier molecular flexibility index (Phi) is 61.8. The molecule has 0 aromatic carbocycles. The van der Waals surface area contributed by atoms with Gasteiger partial charge in [-0.05, 0) is 0 Å². The first kappa shape index (κ1) is 67.9. The van der Waals surface area contributed by atoms with E-state index < -0.39 is 77.8 Å². The number of nitrogens with two attached hydrogens (primary N) is 2. The molecule has 0 aromatic rings. The number of carbonyl (C=O) groups is 4. The molecule has 0 aliphatic heterocycles. The molecule has 0 amide bonds. The van der Waals surface area contributed by atoms with Crippen molar-refractivity contribution in [2.45, 2.75) is 0 Å². The van der Waals surface area contributed by atoms with E-state index in [4.69, 9.17) is 21.3 Å². The minimum Gasteiger partial charge on any atom is -0.778 e. The molecule has 29 heteroatoms. The molecule has 0 heterocycles. The summed E-state index contributed by atoms with van der Waals surface area (Å²) in [5, 5.41) is 46.3. The molecule has 47 heavy (non-hydrogen) atoms. The van der Waals surface area contributed by atoms with Gasteiger partial charge >= 0.3 is 34.1 Å². The summed E-state index contributed by atoms with van der Waals surface area (Å²) < 4.78 is 20.6. The van der Waals surface area contributed by atoms with Crippen molar-refractivity contribution in [2.24, 2.45) is 11.5 Å². The number of carboxylic acid groups (broad SMARTS) is 4. The third-order valence-corrected chi connectivity index (χ3v) is 5.03. The molecule has 2 atom stereocenters. The van der Waals surface area contributed by atoms with Crippen LogP contribution in [0.4, 0.5) is 0 Å². The van der Waals surface area contributed by atoms with E-state index in [1.807, 2.05) is 0 Å². The average Bonchev–Trinajstić information content (AvgIpc) is 2.77. The van der Waals surface area contributed by atoms with Crippen LogP contribution in [0.2, 0.25) is 0 Å². The molecule has 25 nitrogen and oxygen atoms in total. The van der Waals surface area contributed by atoms with Crippen molar-refractivity contribution in [3.63, 3.8) is 0 Å². The standard InChI is InChI=1S/2C5H10NO7P.2C4H13N3.2Cu.3H2O/c2*7-4(8)1-6(2-5(9)10)3-14(11,12)13;2*5-1-3-7-4-2-6;;;;;/h2*1-3H2,(H,7,8)(H,9,10)(H2,11,12,13);2*7H,1-6H2;;;3*1H2/q;;;;2*+2;;;/p-4. The summed E-state index contributed by atoms with van der Waals surface area (Å²) in [4.78, 5) is 78.4. The predicted molar refractivity (Wildman–Crippen MR) is 143 cm³/mol. The van der Waals surface area contributed by atoms with Crippen molar-refractivity contribution in [3.05, 3.63) is 0 Å². The molecule has 0 bridgehead atoms. The molecule has 0 saturated carbocycles. The Morgan fingerprint density at radius 1 is 0.596 bits per heavy atom. The number of nitrogens with zero attached hydrogens (tertiary/aromatic N) is 2. The summed E-state index contributed by atoms with van der Waals surface area (Å²) in [6, 6.07) is 0. The third kappa shape index (κ3) is 76.3. The van der Waals surface area contributed by atoms with E-state index >= 15 is 0 Å². The molecule has 0 aromatic heterocycles. The van der Waals surface area contributed by atoms with Gasteiger partial charge in [0.2, 0.25) is 0 Å². The normalized spacial score (nSPS) is 11.8. The number of quaternary nitrogens is 2. The Labute approximate surface area is 291 Å². The van der Waals surface area contributed by atoms with Gasteiger partial charge < -0.3 is 118 Å². The van der Waals surface area contributed by atoms with Crippen LogP contribution >= 0.6 is 15.2 Å². The van der Waals surface area contributed by atoms with E-state index in [0.717, 1.165) is 52.4 Å². The van der Waals surface area contributed by atoms with E-state index in [0.29, 0.717) is 9.80 Å². The molecule has 0 aliphatic carbocycles. The van der Waals surface area contributed by atoms with Gasteiger partial charge in [0.1, 0.15) is 15.2 Å². The number of hydrogen-bond donors (Lipinski definition) is 8. The van der Waals surface area contributed by atoms with Gasteiger partial charge in [0.05, 0.1) is 49.5 Å². The van der Waals surface area contributed by atoms with Crippen molar-refractivity contribution in [3.8, 4) is 0 Å². The second-order valence-electron chi connectivity index (χ2n) is 7.80. The Morgan fingerprint density at radius 2 is 0.809 bits per heavy atom. The molecule has 0 fully saturated rings. The number of carboxylic acids is 4. The zero-order valence-corrected chi connectivity index (χ0v) is 28.8. The van der Waals surface area contributed by atoms with E-state index in [1.165, 1.54) is 0 Å². The first-order chi connectivity index (χ1) is 19.2. The van der Waals surface area contributed by atoms with E-state index in [1.54, 1.807) is 0 Å². The van der Waals surface area contributed by atoms with Gasteiger partial charge in [-0.3, -0.25) is 9.80 Å². The fraction of sp³-hybridized carbons (Fsp3) is 0.778. The summed E-state index contributed by atoms with van der Waals surface area (Å²) in [5.74, 6) is -6.61. The van der Waals surface area contributed by atoms with Crippen molar-refractivity contribution < 1.29 is 130 Å². The number of hydrogen-bond acceptors (Lipinski definition) is 18. The maximum absolute atomic E-state index is 10.3. The number of aliphatic carboxylic acids is 4.